The molecule has 0 spiro atoms. The van der Waals surface area contributed by atoms with E-state index in [0.717, 1.165) is 24.5 Å². The monoisotopic (exact) mass is 218 g/mol. The highest BCUT2D eigenvalue weighted by Gasteiger charge is 2.26. The Kier molecular flexibility index (Phi) is 2.48. The molecule has 1 aromatic carbocycles. The van der Waals surface area contributed by atoms with Gasteiger partial charge in [-0.15, -0.1) is 0 Å². The highest BCUT2D eigenvalue weighted by Crippen LogP contribution is 2.35. The number of hydrogen-bond donors (Lipinski definition) is 2. The third-order valence-corrected chi connectivity index (χ3v) is 3.62. The second-order valence-electron chi connectivity index (χ2n) is 4.78. The Morgan fingerprint density at radius 3 is 2.88 bits per heavy atom. The van der Waals surface area contributed by atoms with Gasteiger partial charge in [0.25, 0.3) is 0 Å². The van der Waals surface area contributed by atoms with Gasteiger partial charge in [-0.25, -0.2) is 0 Å². The number of nitrogen functional groups attached to an aromatic ring is 1. The molecular formula is C13H18N2O. The fourth-order valence-electron chi connectivity index (χ4n) is 2.45. The highest BCUT2D eigenvalue weighted by molar-refractivity contribution is 5.49. The summed E-state index contributed by atoms with van der Waals surface area (Å²) < 4.78 is 5.65. The summed E-state index contributed by atoms with van der Waals surface area (Å²) >= 11 is 0. The molecule has 1 aliphatic carbocycles. The lowest BCUT2D eigenvalue weighted by Crippen LogP contribution is -2.39. The average molecular weight is 218 g/mol. The normalized spacial score (nSPS) is 24.4. The van der Waals surface area contributed by atoms with E-state index in [0.29, 0.717) is 12.1 Å². The topological polar surface area (TPSA) is 47.3 Å². The minimum Gasteiger partial charge on any atom is -0.493 e. The third kappa shape index (κ3) is 1.76. The van der Waals surface area contributed by atoms with E-state index in [-0.39, 0.29) is 0 Å². The van der Waals surface area contributed by atoms with E-state index in [1.807, 2.05) is 18.2 Å². The van der Waals surface area contributed by atoms with Gasteiger partial charge in [0.05, 0.1) is 6.61 Å². The number of anilines is 1. The van der Waals surface area contributed by atoms with E-state index >= 15 is 0 Å². The summed E-state index contributed by atoms with van der Waals surface area (Å²) in [6.45, 7) is 0.807. The van der Waals surface area contributed by atoms with Gasteiger partial charge in [-0.2, -0.15) is 0 Å². The Morgan fingerprint density at radius 2 is 2.12 bits per heavy atom. The van der Waals surface area contributed by atoms with E-state index in [4.69, 9.17) is 10.5 Å². The van der Waals surface area contributed by atoms with Gasteiger partial charge < -0.3 is 15.8 Å². The molecule has 1 heterocycles. The van der Waals surface area contributed by atoms with E-state index in [9.17, 15) is 0 Å². The number of rotatable bonds is 2. The fourth-order valence-corrected chi connectivity index (χ4v) is 2.45. The van der Waals surface area contributed by atoms with Gasteiger partial charge in [0.1, 0.15) is 5.75 Å². The zero-order chi connectivity index (χ0) is 11.0. The van der Waals surface area contributed by atoms with Crippen LogP contribution >= 0.6 is 0 Å². The van der Waals surface area contributed by atoms with Crippen LogP contribution in [0.3, 0.4) is 0 Å². The van der Waals surface area contributed by atoms with E-state index in [1.54, 1.807) is 0 Å². The summed E-state index contributed by atoms with van der Waals surface area (Å²) in [7, 11) is 0. The Morgan fingerprint density at radius 1 is 1.25 bits per heavy atom. The van der Waals surface area contributed by atoms with Crippen LogP contribution < -0.4 is 15.8 Å². The molecule has 3 nitrogen and oxygen atoms in total. The summed E-state index contributed by atoms with van der Waals surface area (Å²) in [5.74, 6) is 0.997. The van der Waals surface area contributed by atoms with Crippen LogP contribution in [0, 0.1) is 0 Å². The molecule has 0 bridgehead atoms. The van der Waals surface area contributed by atoms with Gasteiger partial charge in [0.2, 0.25) is 0 Å². The van der Waals surface area contributed by atoms with Crippen molar-refractivity contribution >= 4 is 5.69 Å². The van der Waals surface area contributed by atoms with Crippen molar-refractivity contribution in [2.24, 2.45) is 0 Å². The minimum atomic E-state index is 0.428. The Hall–Kier alpha value is -1.22. The Bertz CT molecular complexity index is 388. The predicted molar refractivity (Wildman–Crippen MR) is 64.5 cm³/mol. The molecule has 3 N–H and O–H groups in total. The van der Waals surface area contributed by atoms with E-state index in [1.165, 1.54) is 24.8 Å². The molecule has 86 valence electrons. The van der Waals surface area contributed by atoms with Crippen LogP contribution in [0.25, 0.3) is 0 Å². The first kappa shape index (κ1) is 9.97. The largest absolute Gasteiger partial charge is 0.493 e. The molecule has 16 heavy (non-hydrogen) atoms. The number of nitrogens with one attached hydrogen (secondary N) is 1. The molecule has 0 radical (unpaired) electrons. The maximum atomic E-state index is 5.84. The lowest BCUT2D eigenvalue weighted by atomic mass is 9.90. The molecule has 1 saturated carbocycles. The molecule has 1 unspecified atom stereocenters. The third-order valence-electron chi connectivity index (χ3n) is 3.62. The zero-order valence-corrected chi connectivity index (χ0v) is 9.41. The van der Waals surface area contributed by atoms with Crippen molar-refractivity contribution in [2.75, 3.05) is 12.3 Å². The van der Waals surface area contributed by atoms with Crippen molar-refractivity contribution in [3.8, 4) is 5.75 Å². The lowest BCUT2D eigenvalue weighted by Gasteiger charge is -2.34. The summed E-state index contributed by atoms with van der Waals surface area (Å²) in [6, 6.07) is 7.07. The van der Waals surface area contributed by atoms with Gasteiger partial charge in [0, 0.05) is 29.8 Å². The molecule has 0 saturated heterocycles. The molecule has 1 fully saturated rings. The van der Waals surface area contributed by atoms with Gasteiger partial charge in [-0.3, -0.25) is 0 Å². The second kappa shape index (κ2) is 3.98. The van der Waals surface area contributed by atoms with E-state index in [2.05, 4.69) is 5.32 Å². The summed E-state index contributed by atoms with van der Waals surface area (Å²) in [6.07, 6.45) is 5.04. The molecule has 3 heteroatoms. The smallest absolute Gasteiger partial charge is 0.124 e. The first-order valence-electron chi connectivity index (χ1n) is 6.11. The van der Waals surface area contributed by atoms with Crippen LogP contribution in [0.15, 0.2) is 18.2 Å². The number of hydrogen-bond acceptors (Lipinski definition) is 3. The van der Waals surface area contributed by atoms with Gasteiger partial charge in [0.15, 0.2) is 0 Å². The summed E-state index contributed by atoms with van der Waals surface area (Å²) in [4.78, 5) is 0. The zero-order valence-electron chi connectivity index (χ0n) is 9.41. The number of benzene rings is 1. The number of nitrogens with two attached hydrogens (primary N) is 1. The number of ether oxygens (including phenoxy) is 1. The SMILES string of the molecule is Nc1ccc2c(c1)C(NC1CCC1)CCO2. The summed E-state index contributed by atoms with van der Waals surface area (Å²) in [5, 5.41) is 3.70. The Labute approximate surface area is 96.0 Å². The van der Waals surface area contributed by atoms with E-state index < -0.39 is 0 Å². The predicted octanol–water partition coefficient (Wildman–Crippen LogP) is 2.23. The van der Waals surface area contributed by atoms with Crippen molar-refractivity contribution in [3.05, 3.63) is 23.8 Å². The molecule has 0 aromatic heterocycles. The molecule has 1 aromatic rings. The van der Waals surface area contributed by atoms with Crippen LogP contribution in [0.1, 0.15) is 37.3 Å². The second-order valence-corrected chi connectivity index (χ2v) is 4.78. The van der Waals surface area contributed by atoms with Crippen molar-refractivity contribution < 1.29 is 4.74 Å². The van der Waals surface area contributed by atoms with Crippen LogP contribution in [-0.4, -0.2) is 12.6 Å². The van der Waals surface area contributed by atoms with Gasteiger partial charge >= 0.3 is 0 Å². The molecular weight excluding hydrogens is 200 g/mol. The first-order chi connectivity index (χ1) is 7.83. The molecule has 3 rings (SSSR count). The molecule has 1 aliphatic heterocycles. The Balaban J connectivity index is 1.83. The van der Waals surface area contributed by atoms with Gasteiger partial charge in [-0.05, 0) is 31.0 Å². The average Bonchev–Trinajstić information content (AvgIpc) is 2.23. The standard InChI is InChI=1S/C13H18N2O/c14-9-4-5-13-11(8-9)12(6-7-16-13)15-10-2-1-3-10/h4-5,8,10,12,15H,1-3,6-7,14H2. The molecule has 2 aliphatic rings. The maximum absolute atomic E-state index is 5.84. The highest BCUT2D eigenvalue weighted by atomic mass is 16.5. The van der Waals surface area contributed by atoms with Crippen molar-refractivity contribution in [3.63, 3.8) is 0 Å². The van der Waals surface area contributed by atoms with Gasteiger partial charge in [-0.1, -0.05) is 6.42 Å². The maximum Gasteiger partial charge on any atom is 0.124 e. The van der Waals surface area contributed by atoms with Crippen LogP contribution in [0.5, 0.6) is 5.75 Å². The van der Waals surface area contributed by atoms with Crippen LogP contribution in [0.4, 0.5) is 5.69 Å². The van der Waals surface area contributed by atoms with Crippen molar-refractivity contribution in [2.45, 2.75) is 37.8 Å². The quantitative estimate of drug-likeness (QED) is 0.748. The number of fused-ring (bicyclic) bond motifs is 1. The fraction of sp³-hybridized carbons (Fsp3) is 0.538. The first-order valence-corrected chi connectivity index (χ1v) is 6.11. The molecule has 0 amide bonds. The minimum absolute atomic E-state index is 0.428. The van der Waals surface area contributed by atoms with Crippen LogP contribution in [0.2, 0.25) is 0 Å². The van der Waals surface area contributed by atoms with Crippen molar-refractivity contribution in [1.82, 2.24) is 5.32 Å². The molecule has 1 atom stereocenters. The van der Waals surface area contributed by atoms with Crippen LogP contribution in [-0.2, 0) is 0 Å². The lowest BCUT2D eigenvalue weighted by molar-refractivity contribution is 0.222. The summed E-state index contributed by atoms with van der Waals surface area (Å²) in [5.41, 5.74) is 7.90. The van der Waals surface area contributed by atoms with Crippen molar-refractivity contribution in [1.29, 1.82) is 0 Å².